The molecule has 0 saturated heterocycles. The molecule has 0 heterocycles. The van der Waals surface area contributed by atoms with Crippen molar-refractivity contribution >= 4 is 27.6 Å². The zero-order valence-corrected chi connectivity index (χ0v) is 11.8. The number of carboxylic acid groups (broad SMARTS) is 1. The third-order valence-corrected chi connectivity index (χ3v) is 3.67. The molecule has 0 atom stereocenters. The van der Waals surface area contributed by atoms with E-state index in [0.717, 1.165) is 6.08 Å². The molecule has 0 aliphatic rings. The molecule has 0 saturated carbocycles. The summed E-state index contributed by atoms with van der Waals surface area (Å²) in [6.45, 7) is 3.52. The number of rotatable bonds is 7. The van der Waals surface area contributed by atoms with Crippen LogP contribution in [0.1, 0.15) is 0 Å². The summed E-state index contributed by atoms with van der Waals surface area (Å²) in [5.41, 5.74) is 0.345. The number of carbonyl (C=O) groups excluding carboxylic acids is 1. The first kappa shape index (κ1) is 16.6. The van der Waals surface area contributed by atoms with Gasteiger partial charge in [0.2, 0.25) is 15.9 Å². The van der Waals surface area contributed by atoms with Gasteiger partial charge in [-0.25, -0.2) is 17.9 Å². The summed E-state index contributed by atoms with van der Waals surface area (Å²) < 4.78 is 25.9. The molecule has 0 fully saturated rings. The monoisotopic (exact) mass is 310 g/mol. The van der Waals surface area contributed by atoms with E-state index < -0.39 is 21.9 Å². The molecular weight excluding hydrogens is 296 g/mol. The SMILES string of the molecule is C=CCNS(=O)(=O)c1ccc(NC(=O)C=CC(=O)O)cc1. The van der Waals surface area contributed by atoms with Crippen LogP contribution in [0.25, 0.3) is 0 Å². The zero-order chi connectivity index (χ0) is 15.9. The van der Waals surface area contributed by atoms with E-state index in [0.29, 0.717) is 11.8 Å². The Morgan fingerprint density at radius 3 is 2.33 bits per heavy atom. The summed E-state index contributed by atoms with van der Waals surface area (Å²) in [4.78, 5) is 21.6. The molecule has 7 nitrogen and oxygen atoms in total. The second-order valence-corrected chi connectivity index (χ2v) is 5.59. The highest BCUT2D eigenvalue weighted by atomic mass is 32.2. The third kappa shape index (κ3) is 5.59. The zero-order valence-electron chi connectivity index (χ0n) is 10.9. The summed E-state index contributed by atoms with van der Waals surface area (Å²) in [5.74, 6) is -1.86. The van der Waals surface area contributed by atoms with E-state index in [1.807, 2.05) is 0 Å². The molecule has 0 aliphatic carbocycles. The summed E-state index contributed by atoms with van der Waals surface area (Å²) in [6, 6.07) is 5.44. The second kappa shape index (κ2) is 7.36. The highest BCUT2D eigenvalue weighted by molar-refractivity contribution is 7.89. The van der Waals surface area contributed by atoms with E-state index in [1.165, 1.54) is 30.3 Å². The molecule has 1 amide bonds. The normalized spacial score (nSPS) is 11.2. The van der Waals surface area contributed by atoms with Gasteiger partial charge in [-0.1, -0.05) is 6.08 Å². The molecule has 21 heavy (non-hydrogen) atoms. The Kier molecular flexibility index (Phi) is 5.82. The first-order valence-electron chi connectivity index (χ1n) is 5.78. The molecule has 0 aromatic heterocycles. The van der Waals surface area contributed by atoms with Crippen LogP contribution in [0, 0.1) is 0 Å². The Labute approximate surface area is 122 Å². The van der Waals surface area contributed by atoms with E-state index in [9.17, 15) is 18.0 Å². The number of anilines is 1. The lowest BCUT2D eigenvalue weighted by Gasteiger charge is -2.06. The first-order chi connectivity index (χ1) is 9.85. The highest BCUT2D eigenvalue weighted by Gasteiger charge is 2.12. The van der Waals surface area contributed by atoms with Gasteiger partial charge in [0.05, 0.1) is 4.90 Å². The van der Waals surface area contributed by atoms with Crippen LogP contribution in [0.15, 0.2) is 54.0 Å². The van der Waals surface area contributed by atoms with Crippen LogP contribution in [0.3, 0.4) is 0 Å². The average Bonchev–Trinajstić information content (AvgIpc) is 2.43. The van der Waals surface area contributed by atoms with Gasteiger partial charge in [0.25, 0.3) is 0 Å². The van der Waals surface area contributed by atoms with Crippen LogP contribution in [-0.4, -0.2) is 31.9 Å². The Morgan fingerprint density at radius 1 is 1.19 bits per heavy atom. The maximum Gasteiger partial charge on any atom is 0.328 e. The lowest BCUT2D eigenvalue weighted by Crippen LogP contribution is -2.23. The number of carboxylic acids is 1. The molecule has 3 N–H and O–H groups in total. The molecule has 1 aromatic carbocycles. The van der Waals surface area contributed by atoms with Crippen molar-refractivity contribution in [3.63, 3.8) is 0 Å². The number of benzene rings is 1. The van der Waals surface area contributed by atoms with Crippen LogP contribution >= 0.6 is 0 Å². The van der Waals surface area contributed by atoms with E-state index in [-0.39, 0.29) is 11.4 Å². The minimum absolute atomic E-state index is 0.0448. The minimum atomic E-state index is -3.61. The molecule has 1 aromatic rings. The number of sulfonamides is 1. The first-order valence-corrected chi connectivity index (χ1v) is 7.26. The van der Waals surface area contributed by atoms with Crippen molar-refractivity contribution in [2.75, 3.05) is 11.9 Å². The third-order valence-electron chi connectivity index (χ3n) is 2.23. The Morgan fingerprint density at radius 2 is 1.81 bits per heavy atom. The lowest BCUT2D eigenvalue weighted by molar-refractivity contribution is -0.131. The molecule has 0 unspecified atom stereocenters. The molecule has 1 rings (SSSR count). The van der Waals surface area contributed by atoms with Crippen molar-refractivity contribution in [1.29, 1.82) is 0 Å². The predicted molar refractivity (Wildman–Crippen MR) is 77.2 cm³/mol. The van der Waals surface area contributed by atoms with E-state index in [1.54, 1.807) is 0 Å². The van der Waals surface area contributed by atoms with Gasteiger partial charge in [0.15, 0.2) is 0 Å². The molecule has 0 radical (unpaired) electrons. The van der Waals surface area contributed by atoms with Crippen molar-refractivity contribution in [1.82, 2.24) is 4.72 Å². The number of amides is 1. The number of hydrogen-bond donors (Lipinski definition) is 3. The molecule has 112 valence electrons. The van der Waals surface area contributed by atoms with Crippen LogP contribution < -0.4 is 10.0 Å². The molecular formula is C13H14N2O5S. The van der Waals surface area contributed by atoms with Crippen molar-refractivity contribution in [3.05, 3.63) is 49.1 Å². The summed E-state index contributed by atoms with van der Waals surface area (Å²) in [5, 5.41) is 10.8. The predicted octanol–water partition coefficient (Wildman–Crippen LogP) is 0.730. The average molecular weight is 310 g/mol. The van der Waals surface area contributed by atoms with Gasteiger partial charge in [-0.2, -0.15) is 0 Å². The van der Waals surface area contributed by atoms with E-state index in [2.05, 4.69) is 16.6 Å². The Bertz CT molecular complexity index is 662. The molecule has 0 spiro atoms. The van der Waals surface area contributed by atoms with Crippen molar-refractivity contribution in [3.8, 4) is 0 Å². The van der Waals surface area contributed by atoms with Gasteiger partial charge < -0.3 is 10.4 Å². The van der Waals surface area contributed by atoms with Gasteiger partial charge >= 0.3 is 5.97 Å². The fourth-order valence-electron chi connectivity index (χ4n) is 1.30. The fourth-order valence-corrected chi connectivity index (χ4v) is 2.30. The molecule has 0 aliphatic heterocycles. The van der Waals surface area contributed by atoms with Crippen LogP contribution in [-0.2, 0) is 19.6 Å². The fraction of sp³-hybridized carbons (Fsp3) is 0.0769. The maximum atomic E-state index is 11.8. The Hall–Kier alpha value is -2.45. The van der Waals surface area contributed by atoms with Crippen LogP contribution in [0.4, 0.5) is 5.69 Å². The number of nitrogens with one attached hydrogen (secondary N) is 2. The summed E-state index contributed by atoms with van der Waals surface area (Å²) >= 11 is 0. The van der Waals surface area contributed by atoms with Gasteiger partial charge in [0, 0.05) is 24.4 Å². The summed E-state index contributed by atoms with van der Waals surface area (Å²) in [6.07, 6.45) is 2.98. The number of aliphatic carboxylic acids is 1. The van der Waals surface area contributed by atoms with Crippen LogP contribution in [0.5, 0.6) is 0 Å². The smallest absolute Gasteiger partial charge is 0.328 e. The standard InChI is InChI=1S/C13H14N2O5S/c1-2-9-14-21(19,20)11-5-3-10(4-6-11)15-12(16)7-8-13(17)18/h2-8,14H,1,9H2,(H,15,16)(H,17,18). The number of hydrogen-bond acceptors (Lipinski definition) is 4. The summed E-state index contributed by atoms with van der Waals surface area (Å²) in [7, 11) is -3.61. The lowest BCUT2D eigenvalue weighted by atomic mass is 10.3. The highest BCUT2D eigenvalue weighted by Crippen LogP contribution is 2.13. The Balaban J connectivity index is 2.77. The van der Waals surface area contributed by atoms with Gasteiger partial charge in [-0.15, -0.1) is 6.58 Å². The number of carbonyl (C=O) groups is 2. The van der Waals surface area contributed by atoms with Crippen molar-refractivity contribution in [2.24, 2.45) is 0 Å². The second-order valence-electron chi connectivity index (χ2n) is 3.83. The largest absolute Gasteiger partial charge is 0.478 e. The molecule has 8 heteroatoms. The van der Waals surface area contributed by atoms with Crippen LogP contribution in [0.2, 0.25) is 0 Å². The topological polar surface area (TPSA) is 113 Å². The van der Waals surface area contributed by atoms with Crippen molar-refractivity contribution in [2.45, 2.75) is 4.90 Å². The minimum Gasteiger partial charge on any atom is -0.478 e. The maximum absolute atomic E-state index is 11.8. The van der Waals surface area contributed by atoms with E-state index >= 15 is 0 Å². The van der Waals surface area contributed by atoms with Crippen molar-refractivity contribution < 1.29 is 23.1 Å². The van der Waals surface area contributed by atoms with E-state index in [4.69, 9.17) is 5.11 Å². The van der Waals surface area contributed by atoms with Gasteiger partial charge in [-0.05, 0) is 24.3 Å². The molecule has 0 bridgehead atoms. The quantitative estimate of drug-likeness (QED) is 0.507. The van der Waals surface area contributed by atoms with Gasteiger partial charge in [0.1, 0.15) is 0 Å². The van der Waals surface area contributed by atoms with Gasteiger partial charge in [-0.3, -0.25) is 4.79 Å².